The Morgan fingerprint density at radius 1 is 0.809 bits per heavy atom. The van der Waals surface area contributed by atoms with Gasteiger partial charge in [-0.25, -0.2) is 9.78 Å². The molecule has 1 aromatic heterocycles. The monoisotopic (exact) mass is 965 g/mol. The summed E-state index contributed by atoms with van der Waals surface area (Å²) in [6.07, 6.45) is -0.138. The molecule has 0 spiro atoms. The molecule has 0 unspecified atom stereocenters. The molecule has 8 atom stereocenters. The van der Waals surface area contributed by atoms with E-state index in [9.17, 15) is 68.1 Å². The molecule has 19 N–H and O–H groups in total. The van der Waals surface area contributed by atoms with Crippen LogP contribution in [0.4, 0.5) is 0 Å². The van der Waals surface area contributed by atoms with Gasteiger partial charge in [0, 0.05) is 37.8 Å². The molecule has 9 amide bonds. The van der Waals surface area contributed by atoms with Crippen LogP contribution in [0.5, 0.6) is 0 Å². The number of aliphatic hydroxyl groups excluding tert-OH is 1. The highest BCUT2D eigenvalue weighted by Gasteiger charge is 2.40. The number of aliphatic imine (C=N–C) groups is 1. The summed E-state index contributed by atoms with van der Waals surface area (Å²) in [4.78, 5) is 152. The van der Waals surface area contributed by atoms with E-state index in [1.807, 2.05) is 0 Å². The number of aromatic nitrogens is 2. The van der Waals surface area contributed by atoms with Gasteiger partial charge in [0.15, 0.2) is 5.96 Å². The van der Waals surface area contributed by atoms with Crippen LogP contribution >= 0.6 is 0 Å². The average molecular weight is 966 g/mol. The third-order valence-corrected chi connectivity index (χ3v) is 10.3. The second-order valence-corrected chi connectivity index (χ2v) is 16.2. The Morgan fingerprint density at radius 3 is 1.99 bits per heavy atom. The summed E-state index contributed by atoms with van der Waals surface area (Å²) in [5.41, 5.74) is 21.9. The van der Waals surface area contributed by atoms with Crippen LogP contribution in [0.25, 0.3) is 0 Å². The van der Waals surface area contributed by atoms with Gasteiger partial charge in [-0.15, -0.1) is 0 Å². The topological polar surface area (TPSA) is 481 Å². The predicted molar refractivity (Wildman–Crippen MR) is 235 cm³/mol. The summed E-state index contributed by atoms with van der Waals surface area (Å²) in [5, 5.41) is 45.4. The van der Waals surface area contributed by atoms with Crippen molar-refractivity contribution in [1.82, 2.24) is 52.1 Å². The van der Waals surface area contributed by atoms with Gasteiger partial charge in [-0.1, -0.05) is 13.8 Å². The lowest BCUT2D eigenvalue weighted by atomic mass is 10.0. The van der Waals surface area contributed by atoms with Gasteiger partial charge in [0.05, 0.1) is 31.9 Å². The van der Waals surface area contributed by atoms with Crippen molar-refractivity contribution in [3.05, 3.63) is 18.2 Å². The number of H-pyrrole nitrogens is 1. The fourth-order valence-corrected chi connectivity index (χ4v) is 6.62. The summed E-state index contributed by atoms with van der Waals surface area (Å²) in [6, 6.07) is -9.89. The predicted octanol–water partition coefficient (Wildman–Crippen LogP) is -7.16. The van der Waals surface area contributed by atoms with Gasteiger partial charge < -0.3 is 85.4 Å². The number of likely N-dealkylation sites (tertiary alicyclic amines) is 1. The quantitative estimate of drug-likeness (QED) is 0.0201. The number of carboxylic acid groups (broad SMARTS) is 2. The lowest BCUT2D eigenvalue weighted by molar-refractivity contribution is -0.146. The molecule has 1 aromatic rings. The average Bonchev–Trinajstić information content (AvgIpc) is 3.98. The molecule has 29 nitrogen and oxygen atoms in total. The van der Waals surface area contributed by atoms with E-state index < -0.39 is 139 Å². The summed E-state index contributed by atoms with van der Waals surface area (Å²) < 4.78 is 0. The molecule has 2 rings (SSSR count). The van der Waals surface area contributed by atoms with E-state index in [0.29, 0.717) is 5.69 Å². The van der Waals surface area contributed by atoms with Gasteiger partial charge in [0.2, 0.25) is 53.2 Å². The number of imidazole rings is 1. The maximum atomic E-state index is 13.9. The number of carbonyl (C=O) groups excluding carboxylic acids is 9. The first-order valence-electron chi connectivity index (χ1n) is 21.5. The number of aliphatic carboxylic acids is 2. The van der Waals surface area contributed by atoms with Crippen molar-refractivity contribution in [3.8, 4) is 0 Å². The van der Waals surface area contributed by atoms with Gasteiger partial charge >= 0.3 is 11.9 Å². The van der Waals surface area contributed by atoms with Crippen molar-refractivity contribution in [2.24, 2.45) is 33.8 Å². The van der Waals surface area contributed by atoms with Crippen LogP contribution in [0.15, 0.2) is 17.5 Å². The zero-order valence-corrected chi connectivity index (χ0v) is 37.8. The fourth-order valence-electron chi connectivity index (χ4n) is 6.62. The molecule has 0 radical (unpaired) electrons. The van der Waals surface area contributed by atoms with E-state index in [-0.39, 0.29) is 64.0 Å². The molecular weight excluding hydrogens is 903 g/mol. The van der Waals surface area contributed by atoms with Crippen molar-refractivity contribution in [2.75, 3.05) is 26.2 Å². The molecular formula is C39H63N15O14. The Hall–Kier alpha value is -7.43. The molecule has 0 aromatic carbocycles. The number of aliphatic hydroxyl groups is 1. The number of hydrogen-bond donors (Lipinski definition) is 15. The number of rotatable bonds is 29. The summed E-state index contributed by atoms with van der Waals surface area (Å²) in [7, 11) is 0. The molecule has 68 heavy (non-hydrogen) atoms. The van der Waals surface area contributed by atoms with Crippen LogP contribution in [0.3, 0.4) is 0 Å². The van der Waals surface area contributed by atoms with Crippen molar-refractivity contribution in [1.29, 1.82) is 0 Å². The number of amides is 9. The second-order valence-electron chi connectivity index (χ2n) is 16.2. The summed E-state index contributed by atoms with van der Waals surface area (Å²) in [6.45, 7) is 2.96. The number of carbonyl (C=O) groups is 11. The Kier molecular flexibility index (Phi) is 23.3. The molecule has 2 heterocycles. The number of nitrogens with zero attached hydrogens (tertiary/aromatic N) is 3. The number of hydrogen-bond acceptors (Lipinski definition) is 15. The van der Waals surface area contributed by atoms with E-state index in [4.69, 9.17) is 22.9 Å². The van der Waals surface area contributed by atoms with Crippen molar-refractivity contribution in [2.45, 2.75) is 121 Å². The van der Waals surface area contributed by atoms with Gasteiger partial charge in [0.25, 0.3) is 0 Å². The Labute approximate surface area is 389 Å². The number of primary amides is 1. The van der Waals surface area contributed by atoms with E-state index in [1.165, 1.54) is 19.4 Å². The molecule has 378 valence electrons. The number of guanidine groups is 1. The molecule has 1 aliphatic heterocycles. The number of nitrogens with two attached hydrogens (primary N) is 4. The molecule has 0 bridgehead atoms. The maximum Gasteiger partial charge on any atom is 0.326 e. The first kappa shape index (κ1) is 56.7. The lowest BCUT2D eigenvalue weighted by Crippen LogP contribution is -2.58. The minimum absolute atomic E-state index is 0.0275. The molecule has 1 saturated heterocycles. The minimum atomic E-state index is -1.77. The second kappa shape index (κ2) is 27.9. The van der Waals surface area contributed by atoms with Crippen LogP contribution in [0.1, 0.15) is 71.4 Å². The van der Waals surface area contributed by atoms with Crippen LogP contribution < -0.4 is 60.2 Å². The number of nitrogens with one attached hydrogen (secondary N) is 8. The van der Waals surface area contributed by atoms with Crippen LogP contribution in [0.2, 0.25) is 0 Å². The van der Waals surface area contributed by atoms with Crippen LogP contribution in [-0.2, 0) is 59.2 Å². The van der Waals surface area contributed by atoms with Crippen LogP contribution in [-0.4, -0.2) is 176 Å². The SMILES string of the molecule is CC(C)[C@H](NC(=O)[C@@H](N)[C@@H](C)O)C(=O)NCC(=O)N[C@@H](CCCN=C(N)N)C(=O)NCC(=O)N[C@@H](CC(=O)O)C(=O)N1CCC[C@H]1C(=O)N[C@@H](Cc1cnc[nH]1)C(=O)N[C@@H](CCC(N)=O)C(=O)O. The zero-order chi connectivity index (χ0) is 51.2. The highest BCUT2D eigenvalue weighted by Crippen LogP contribution is 2.20. The van der Waals surface area contributed by atoms with Crippen molar-refractivity contribution in [3.63, 3.8) is 0 Å². The highest BCUT2D eigenvalue weighted by atomic mass is 16.4. The molecule has 29 heteroatoms. The molecule has 0 saturated carbocycles. The smallest absolute Gasteiger partial charge is 0.326 e. The van der Waals surface area contributed by atoms with Gasteiger partial charge in [-0.05, 0) is 44.9 Å². The largest absolute Gasteiger partial charge is 0.481 e. The molecule has 1 aliphatic rings. The van der Waals surface area contributed by atoms with E-state index in [1.54, 1.807) is 13.8 Å². The third kappa shape index (κ3) is 19.6. The van der Waals surface area contributed by atoms with Crippen molar-refractivity contribution >= 4 is 71.1 Å². The Morgan fingerprint density at radius 2 is 1.44 bits per heavy atom. The number of carboxylic acids is 2. The first-order chi connectivity index (χ1) is 31.9. The maximum absolute atomic E-state index is 13.9. The van der Waals surface area contributed by atoms with Gasteiger partial charge in [-0.3, -0.25) is 52.9 Å². The van der Waals surface area contributed by atoms with Gasteiger partial charge in [-0.2, -0.15) is 0 Å². The Bertz CT molecular complexity index is 1990. The Balaban J connectivity index is 2.17. The molecule has 0 aliphatic carbocycles. The van der Waals surface area contributed by atoms with E-state index in [0.717, 1.165) is 4.90 Å². The number of aromatic amines is 1. The van der Waals surface area contributed by atoms with Crippen molar-refractivity contribution < 1.29 is 68.1 Å². The lowest BCUT2D eigenvalue weighted by Gasteiger charge is -2.29. The third-order valence-electron chi connectivity index (χ3n) is 10.3. The summed E-state index contributed by atoms with van der Waals surface area (Å²) >= 11 is 0. The van der Waals surface area contributed by atoms with Crippen LogP contribution in [0, 0.1) is 5.92 Å². The minimum Gasteiger partial charge on any atom is -0.481 e. The standard InChI is InChI=1S/C39H63N15O14/c1-18(2)31(53-35(64)30(41)19(3)55)36(65)47-16-27(57)49-21(6-4-10-45-39(42)43)32(61)46-15-28(58)50-24(13-29(59)60)37(66)54-11-5-7-25(54)34(63)52-23(12-20-14-44-17-48-20)33(62)51-22(38(67)68)8-9-26(40)56/h14,17-19,21-25,30-31,55H,4-13,15-16,41H2,1-3H3,(H2,40,56)(H,44,48)(H,46,61)(H,47,65)(H,49,57)(H,50,58)(H,51,62)(H,52,63)(H,53,64)(H,59,60)(H,67,68)(H4,42,43,45)/t19-,21+,22+,23+,24+,25+,30+,31+/m1/s1. The normalized spacial score (nSPS) is 16.3. The summed E-state index contributed by atoms with van der Waals surface area (Å²) in [5.74, 6) is -11.8. The fraction of sp³-hybridized carbons (Fsp3) is 0.615. The van der Waals surface area contributed by atoms with E-state index in [2.05, 4.69) is 52.2 Å². The van der Waals surface area contributed by atoms with E-state index >= 15 is 0 Å². The first-order valence-corrected chi connectivity index (χ1v) is 21.5. The highest BCUT2D eigenvalue weighted by molar-refractivity contribution is 5.98. The van der Waals surface area contributed by atoms with Gasteiger partial charge in [0.1, 0.15) is 42.3 Å². The molecule has 1 fully saturated rings. The zero-order valence-electron chi connectivity index (χ0n) is 37.8.